The Morgan fingerprint density at radius 3 is 2.90 bits per heavy atom. The van der Waals surface area contributed by atoms with Crippen LogP contribution in [0.5, 0.6) is 5.75 Å². The van der Waals surface area contributed by atoms with Gasteiger partial charge in [-0.05, 0) is 31.2 Å². The number of carbonyl (C=O) groups is 2. The van der Waals surface area contributed by atoms with Crippen LogP contribution in [0.15, 0.2) is 41.0 Å². The summed E-state index contributed by atoms with van der Waals surface area (Å²) in [7, 11) is 0. The topological polar surface area (TPSA) is 68.5 Å². The third-order valence-corrected chi connectivity index (χ3v) is 3.10. The molecule has 0 fully saturated rings. The zero-order valence-corrected chi connectivity index (χ0v) is 12.1. The summed E-state index contributed by atoms with van der Waals surface area (Å²) in [6, 6.07) is 8.30. The van der Waals surface area contributed by atoms with E-state index in [0.29, 0.717) is 17.6 Å². The van der Waals surface area contributed by atoms with E-state index in [-0.39, 0.29) is 23.2 Å². The van der Waals surface area contributed by atoms with Crippen molar-refractivity contribution < 1.29 is 18.7 Å². The molecule has 1 atom stereocenters. The molecule has 0 aliphatic carbocycles. The molecule has 1 aromatic heterocycles. The largest absolute Gasteiger partial charge is 0.479 e. The molecule has 6 heteroatoms. The number of benzene rings is 1. The molecule has 2 rings (SSSR count). The van der Waals surface area contributed by atoms with Crippen LogP contribution in [0.2, 0.25) is 5.02 Å². The van der Waals surface area contributed by atoms with Gasteiger partial charge in [-0.25, -0.2) is 0 Å². The van der Waals surface area contributed by atoms with Crippen molar-refractivity contribution >= 4 is 23.8 Å². The lowest BCUT2D eigenvalue weighted by atomic mass is 10.2. The highest BCUT2D eigenvalue weighted by Crippen LogP contribution is 2.28. The third kappa shape index (κ3) is 3.86. The fraction of sp³-hybridized carbons (Fsp3) is 0.200. The number of amides is 1. The van der Waals surface area contributed by atoms with Crippen LogP contribution < -0.4 is 10.1 Å². The first-order chi connectivity index (χ1) is 10.1. The van der Waals surface area contributed by atoms with E-state index in [1.54, 1.807) is 37.3 Å². The van der Waals surface area contributed by atoms with E-state index >= 15 is 0 Å². The summed E-state index contributed by atoms with van der Waals surface area (Å²) >= 11 is 5.98. The highest BCUT2D eigenvalue weighted by Gasteiger charge is 2.18. The van der Waals surface area contributed by atoms with Gasteiger partial charge in [0.2, 0.25) is 0 Å². The lowest BCUT2D eigenvalue weighted by molar-refractivity contribution is -0.127. The number of hydrogen-bond acceptors (Lipinski definition) is 4. The molecule has 110 valence electrons. The number of aldehydes is 1. The molecule has 0 spiro atoms. The van der Waals surface area contributed by atoms with Gasteiger partial charge in [0.1, 0.15) is 11.5 Å². The van der Waals surface area contributed by atoms with Gasteiger partial charge in [-0.15, -0.1) is 0 Å². The van der Waals surface area contributed by atoms with Crippen molar-refractivity contribution in [2.45, 2.75) is 19.6 Å². The van der Waals surface area contributed by atoms with E-state index in [1.807, 2.05) is 0 Å². The monoisotopic (exact) mass is 307 g/mol. The van der Waals surface area contributed by atoms with Crippen molar-refractivity contribution in [3.63, 3.8) is 0 Å². The summed E-state index contributed by atoms with van der Waals surface area (Å²) in [5, 5.41) is 2.96. The van der Waals surface area contributed by atoms with Gasteiger partial charge in [0.25, 0.3) is 5.91 Å². The normalized spacial score (nSPS) is 11.7. The predicted molar refractivity (Wildman–Crippen MR) is 77.5 cm³/mol. The Labute approximate surface area is 126 Å². The number of ether oxygens (including phenoxy) is 1. The van der Waals surface area contributed by atoms with Gasteiger partial charge in [0.05, 0.1) is 23.4 Å². The van der Waals surface area contributed by atoms with Crippen LogP contribution in [0.1, 0.15) is 23.0 Å². The summed E-state index contributed by atoms with van der Waals surface area (Å²) in [6.07, 6.45) is 1.37. The summed E-state index contributed by atoms with van der Waals surface area (Å²) in [5.41, 5.74) is 0.299. The van der Waals surface area contributed by atoms with Gasteiger partial charge in [-0.2, -0.15) is 0 Å². The van der Waals surface area contributed by atoms with E-state index in [9.17, 15) is 9.59 Å². The number of halogens is 1. The van der Waals surface area contributed by atoms with E-state index in [1.165, 1.54) is 6.26 Å². The van der Waals surface area contributed by atoms with E-state index in [4.69, 9.17) is 20.8 Å². The van der Waals surface area contributed by atoms with Gasteiger partial charge < -0.3 is 14.5 Å². The molecule has 0 bridgehead atoms. The number of furan rings is 1. The third-order valence-electron chi connectivity index (χ3n) is 2.81. The van der Waals surface area contributed by atoms with Crippen LogP contribution in [0.25, 0.3) is 0 Å². The Hall–Kier alpha value is -2.27. The molecule has 0 aliphatic rings. The molecule has 1 N–H and O–H groups in total. The Balaban J connectivity index is 1.99. The van der Waals surface area contributed by atoms with Gasteiger partial charge >= 0.3 is 0 Å². The zero-order chi connectivity index (χ0) is 15.2. The molecule has 0 saturated heterocycles. The molecule has 1 aromatic carbocycles. The van der Waals surface area contributed by atoms with Crippen LogP contribution in [0.4, 0.5) is 0 Å². The second-order valence-electron chi connectivity index (χ2n) is 4.33. The Morgan fingerprint density at radius 2 is 2.24 bits per heavy atom. The predicted octanol–water partition coefficient (Wildman–Crippen LogP) is 2.83. The average Bonchev–Trinajstić information content (AvgIpc) is 3.00. The fourth-order valence-electron chi connectivity index (χ4n) is 1.70. The Bertz CT molecular complexity index is 625. The van der Waals surface area contributed by atoms with Crippen molar-refractivity contribution in [3.05, 3.63) is 52.9 Å². The number of para-hydroxylation sites is 1. The minimum Gasteiger partial charge on any atom is -0.479 e. The highest BCUT2D eigenvalue weighted by molar-refractivity contribution is 6.32. The second-order valence-corrected chi connectivity index (χ2v) is 4.74. The van der Waals surface area contributed by atoms with Crippen LogP contribution in [-0.4, -0.2) is 18.3 Å². The number of rotatable bonds is 6. The van der Waals surface area contributed by atoms with Gasteiger partial charge in [-0.1, -0.05) is 17.7 Å². The van der Waals surface area contributed by atoms with Crippen molar-refractivity contribution in [1.29, 1.82) is 0 Å². The molecule has 0 radical (unpaired) electrons. The molecule has 1 unspecified atom stereocenters. The molecule has 1 heterocycles. The van der Waals surface area contributed by atoms with Gasteiger partial charge in [-0.3, -0.25) is 9.59 Å². The van der Waals surface area contributed by atoms with Crippen LogP contribution in [0.3, 0.4) is 0 Å². The summed E-state index contributed by atoms with van der Waals surface area (Å²) in [5.74, 6) is 0.514. The highest BCUT2D eigenvalue weighted by atomic mass is 35.5. The second kappa shape index (κ2) is 6.95. The molecule has 21 heavy (non-hydrogen) atoms. The van der Waals surface area contributed by atoms with Gasteiger partial charge in [0.15, 0.2) is 12.4 Å². The maximum Gasteiger partial charge on any atom is 0.261 e. The Morgan fingerprint density at radius 1 is 1.43 bits per heavy atom. The molecular formula is C15H14ClNO4. The first-order valence-electron chi connectivity index (χ1n) is 6.32. The molecule has 5 nitrogen and oxygen atoms in total. The lowest BCUT2D eigenvalue weighted by Crippen LogP contribution is -2.36. The van der Waals surface area contributed by atoms with Crippen LogP contribution >= 0.6 is 11.6 Å². The SMILES string of the molecule is CC(Oc1c(Cl)cccc1C=O)C(=O)NCc1ccco1. The van der Waals surface area contributed by atoms with Crippen LogP contribution in [0, 0.1) is 0 Å². The summed E-state index contributed by atoms with van der Waals surface area (Å²) in [4.78, 5) is 22.9. The smallest absolute Gasteiger partial charge is 0.261 e. The standard InChI is InChI=1S/C15H14ClNO4/c1-10(15(19)17-8-12-5-3-7-20-12)21-14-11(9-18)4-2-6-13(14)16/h2-7,9-10H,8H2,1H3,(H,17,19). The fourth-order valence-corrected chi connectivity index (χ4v) is 1.93. The first kappa shape index (κ1) is 15.1. The maximum absolute atomic E-state index is 11.9. The minimum absolute atomic E-state index is 0.204. The van der Waals surface area contributed by atoms with E-state index < -0.39 is 6.10 Å². The molecule has 2 aromatic rings. The maximum atomic E-state index is 11.9. The quantitative estimate of drug-likeness (QED) is 0.833. The van der Waals surface area contributed by atoms with E-state index in [2.05, 4.69) is 5.32 Å². The molecule has 1 amide bonds. The van der Waals surface area contributed by atoms with Crippen LogP contribution in [-0.2, 0) is 11.3 Å². The summed E-state index contributed by atoms with van der Waals surface area (Å²) < 4.78 is 10.6. The van der Waals surface area contributed by atoms with Crippen molar-refractivity contribution in [1.82, 2.24) is 5.32 Å². The number of hydrogen-bond donors (Lipinski definition) is 1. The Kier molecular flexibility index (Phi) is 5.00. The zero-order valence-electron chi connectivity index (χ0n) is 11.3. The molecular weight excluding hydrogens is 294 g/mol. The lowest BCUT2D eigenvalue weighted by Gasteiger charge is -2.16. The van der Waals surface area contributed by atoms with Gasteiger partial charge in [0, 0.05) is 0 Å². The van der Waals surface area contributed by atoms with Crippen molar-refractivity contribution in [2.24, 2.45) is 0 Å². The summed E-state index contributed by atoms with van der Waals surface area (Å²) in [6.45, 7) is 1.85. The minimum atomic E-state index is -0.793. The van der Waals surface area contributed by atoms with E-state index in [0.717, 1.165) is 0 Å². The number of nitrogens with one attached hydrogen (secondary N) is 1. The molecule has 0 aliphatic heterocycles. The number of carbonyl (C=O) groups excluding carboxylic acids is 2. The van der Waals surface area contributed by atoms with Crippen molar-refractivity contribution in [3.8, 4) is 5.75 Å². The molecule has 0 saturated carbocycles. The van der Waals surface area contributed by atoms with Crippen molar-refractivity contribution in [2.75, 3.05) is 0 Å². The first-order valence-corrected chi connectivity index (χ1v) is 6.70. The average molecular weight is 308 g/mol.